The molecule has 1 aliphatic rings. The van der Waals surface area contributed by atoms with Crippen LogP contribution in [0.25, 0.3) is 0 Å². The molecule has 2 aromatic heterocycles. The van der Waals surface area contributed by atoms with Crippen molar-refractivity contribution in [2.75, 3.05) is 0 Å². The number of hydrogen-bond acceptors (Lipinski definition) is 5. The summed E-state index contributed by atoms with van der Waals surface area (Å²) in [4.78, 5) is 5.22. The molecule has 0 unspecified atom stereocenters. The summed E-state index contributed by atoms with van der Waals surface area (Å²) in [6, 6.07) is 13.7. The summed E-state index contributed by atoms with van der Waals surface area (Å²) in [5, 5.41) is 12.9. The fourth-order valence-corrected chi connectivity index (χ4v) is 5.96. The van der Waals surface area contributed by atoms with Crippen LogP contribution in [0.1, 0.15) is 22.1 Å². The van der Waals surface area contributed by atoms with Crippen LogP contribution in [0.4, 0.5) is 0 Å². The van der Waals surface area contributed by atoms with Crippen LogP contribution in [0.5, 0.6) is 0 Å². The number of thiophene rings is 1. The van der Waals surface area contributed by atoms with Crippen molar-refractivity contribution in [2.24, 2.45) is 0 Å². The summed E-state index contributed by atoms with van der Waals surface area (Å²) in [6.07, 6.45) is 2.88. The van der Waals surface area contributed by atoms with Crippen molar-refractivity contribution in [2.45, 2.75) is 30.0 Å². The fourth-order valence-electron chi connectivity index (χ4n) is 3.35. The van der Waals surface area contributed by atoms with E-state index in [0.717, 1.165) is 10.4 Å². The molecule has 4 rings (SSSR count). The molecule has 1 N–H and O–H groups in total. The van der Waals surface area contributed by atoms with Gasteiger partial charge in [0.1, 0.15) is 0 Å². The van der Waals surface area contributed by atoms with Crippen LogP contribution in [-0.2, 0) is 23.0 Å². The number of aromatic nitrogens is 1. The number of aliphatic hydroxyl groups excluding tert-OH is 1. The zero-order chi connectivity index (χ0) is 18.1. The Morgan fingerprint density at radius 3 is 2.58 bits per heavy atom. The molecule has 2 atom stereocenters. The van der Waals surface area contributed by atoms with Crippen molar-refractivity contribution in [3.63, 3.8) is 0 Å². The zero-order valence-electron chi connectivity index (χ0n) is 13.9. The molecule has 0 radical (unpaired) electrons. The lowest BCUT2D eigenvalue weighted by molar-refractivity contribution is 0.0773. The highest BCUT2D eigenvalue weighted by molar-refractivity contribution is 7.89. The minimum Gasteiger partial charge on any atom is -0.387 e. The van der Waals surface area contributed by atoms with Crippen LogP contribution in [0.3, 0.4) is 0 Å². The van der Waals surface area contributed by atoms with Crippen LogP contribution in [0.15, 0.2) is 71.2 Å². The van der Waals surface area contributed by atoms with Crippen molar-refractivity contribution >= 4 is 21.4 Å². The molecule has 1 aliphatic heterocycles. The first-order valence-electron chi connectivity index (χ1n) is 8.27. The van der Waals surface area contributed by atoms with Gasteiger partial charge >= 0.3 is 0 Å². The van der Waals surface area contributed by atoms with E-state index in [9.17, 15) is 13.5 Å². The van der Waals surface area contributed by atoms with Gasteiger partial charge in [0.2, 0.25) is 10.0 Å². The lowest BCUT2D eigenvalue weighted by Crippen LogP contribution is -2.48. The largest absolute Gasteiger partial charge is 0.387 e. The summed E-state index contributed by atoms with van der Waals surface area (Å²) in [6.45, 7) is 0.201. The number of nitrogens with zero attached hydrogens (tertiary/aromatic N) is 2. The number of benzene rings is 1. The molecule has 0 saturated heterocycles. The Labute approximate surface area is 156 Å². The molecule has 0 spiro atoms. The van der Waals surface area contributed by atoms with E-state index in [2.05, 4.69) is 4.98 Å². The minimum absolute atomic E-state index is 0.184. The summed E-state index contributed by atoms with van der Waals surface area (Å²) in [7, 11) is -3.71. The maximum atomic E-state index is 13.3. The van der Waals surface area contributed by atoms with Gasteiger partial charge in [-0.15, -0.1) is 11.3 Å². The van der Waals surface area contributed by atoms with Crippen LogP contribution in [-0.4, -0.2) is 28.9 Å². The van der Waals surface area contributed by atoms with Crippen molar-refractivity contribution in [3.05, 3.63) is 82.3 Å². The molecule has 3 aromatic rings. The summed E-state index contributed by atoms with van der Waals surface area (Å²) < 4.78 is 28.0. The van der Waals surface area contributed by atoms with E-state index >= 15 is 0 Å². The highest BCUT2D eigenvalue weighted by Crippen LogP contribution is 2.39. The zero-order valence-corrected chi connectivity index (χ0v) is 15.5. The van der Waals surface area contributed by atoms with Gasteiger partial charge in [-0.2, -0.15) is 4.31 Å². The van der Waals surface area contributed by atoms with Crippen LogP contribution in [0.2, 0.25) is 0 Å². The first-order valence-corrected chi connectivity index (χ1v) is 10.6. The second-order valence-corrected chi connectivity index (χ2v) is 9.13. The van der Waals surface area contributed by atoms with Crippen molar-refractivity contribution in [1.82, 2.24) is 9.29 Å². The van der Waals surface area contributed by atoms with Crippen LogP contribution >= 0.6 is 11.3 Å². The van der Waals surface area contributed by atoms with Gasteiger partial charge in [0.05, 0.1) is 17.0 Å². The molecule has 0 bridgehead atoms. The number of pyridine rings is 1. The Morgan fingerprint density at radius 1 is 1.08 bits per heavy atom. The first-order chi connectivity index (χ1) is 12.6. The summed E-state index contributed by atoms with van der Waals surface area (Å²) in [5.74, 6) is 0. The van der Waals surface area contributed by atoms with Gasteiger partial charge < -0.3 is 5.11 Å². The molecule has 1 aromatic carbocycles. The third-order valence-electron chi connectivity index (χ3n) is 4.64. The molecule has 134 valence electrons. The third-order valence-corrected chi connectivity index (χ3v) is 7.48. The first kappa shape index (κ1) is 17.4. The lowest BCUT2D eigenvalue weighted by Gasteiger charge is -2.39. The smallest absolute Gasteiger partial charge is 0.244 e. The second-order valence-electron chi connectivity index (χ2n) is 6.24. The van der Waals surface area contributed by atoms with Gasteiger partial charge in [-0.1, -0.05) is 24.3 Å². The van der Waals surface area contributed by atoms with E-state index in [0.29, 0.717) is 12.0 Å². The molecular weight excluding hydrogens is 368 g/mol. The monoisotopic (exact) mass is 386 g/mol. The molecule has 0 saturated carbocycles. The number of fused-ring (bicyclic) bond motifs is 1. The van der Waals surface area contributed by atoms with Crippen LogP contribution in [0, 0.1) is 0 Å². The normalized spacial score (nSPS) is 22.0. The van der Waals surface area contributed by atoms with Gasteiger partial charge in [0, 0.05) is 35.8 Å². The number of aliphatic hydroxyl groups is 1. The number of sulfonamides is 1. The Hall–Kier alpha value is -2.06. The van der Waals surface area contributed by atoms with Gasteiger partial charge in [-0.3, -0.25) is 4.98 Å². The van der Waals surface area contributed by atoms with Crippen molar-refractivity contribution in [3.8, 4) is 0 Å². The van der Waals surface area contributed by atoms with E-state index in [-0.39, 0.29) is 11.4 Å². The number of hydrogen-bond donors (Lipinski definition) is 1. The Bertz CT molecular complexity index is 989. The van der Waals surface area contributed by atoms with E-state index < -0.39 is 22.2 Å². The molecule has 3 heterocycles. The maximum Gasteiger partial charge on any atom is 0.244 e. The van der Waals surface area contributed by atoms with Crippen molar-refractivity contribution in [1.29, 1.82) is 0 Å². The van der Waals surface area contributed by atoms with E-state index in [1.165, 1.54) is 4.31 Å². The van der Waals surface area contributed by atoms with Gasteiger partial charge in [0.25, 0.3) is 0 Å². The predicted octanol–water partition coefficient (Wildman–Crippen LogP) is 2.99. The molecule has 5 nitrogen and oxygen atoms in total. The maximum absolute atomic E-state index is 13.3. The fraction of sp³-hybridized carbons (Fsp3) is 0.211. The van der Waals surface area contributed by atoms with E-state index in [4.69, 9.17) is 0 Å². The summed E-state index contributed by atoms with van der Waals surface area (Å²) >= 11 is 1.57. The molecule has 0 fully saturated rings. The minimum atomic E-state index is -3.71. The highest BCUT2D eigenvalue weighted by atomic mass is 32.2. The third kappa shape index (κ3) is 3.07. The Morgan fingerprint density at radius 2 is 1.85 bits per heavy atom. The number of rotatable bonds is 4. The molecule has 0 aliphatic carbocycles. The topological polar surface area (TPSA) is 70.5 Å². The Balaban J connectivity index is 1.80. The van der Waals surface area contributed by atoms with Gasteiger partial charge in [0.15, 0.2) is 0 Å². The van der Waals surface area contributed by atoms with Crippen molar-refractivity contribution < 1.29 is 13.5 Å². The summed E-state index contributed by atoms with van der Waals surface area (Å²) in [5.41, 5.74) is 1.31. The lowest BCUT2D eigenvalue weighted by atomic mass is 9.98. The SMILES string of the molecule is O=S1(=O)c2ccccc2[C@H](O)[C@@H](Cc2cccs2)N1Cc1ccncc1. The predicted molar refractivity (Wildman–Crippen MR) is 100 cm³/mol. The standard InChI is InChI=1S/C19H18N2O3S2/c22-19-16-5-1-2-6-18(16)26(23,24)21(13-14-7-9-20-10-8-14)17(19)12-15-4-3-11-25-15/h1-11,17,19,22H,12-13H2/t17-,19+/m1/s1. The van der Waals surface area contributed by atoms with Crippen LogP contribution < -0.4 is 0 Å². The van der Waals surface area contributed by atoms with E-state index in [1.54, 1.807) is 60.1 Å². The van der Waals surface area contributed by atoms with E-state index in [1.807, 2.05) is 17.5 Å². The Kier molecular flexibility index (Phi) is 4.62. The molecule has 26 heavy (non-hydrogen) atoms. The highest BCUT2D eigenvalue weighted by Gasteiger charge is 2.43. The van der Waals surface area contributed by atoms with Gasteiger partial charge in [-0.25, -0.2) is 8.42 Å². The quantitative estimate of drug-likeness (QED) is 0.748. The molecule has 0 amide bonds. The molecular formula is C19H18N2O3S2. The molecule has 7 heteroatoms. The van der Waals surface area contributed by atoms with Gasteiger partial charge in [-0.05, 0) is 35.2 Å². The average molecular weight is 386 g/mol. The second kappa shape index (κ2) is 6.92. The average Bonchev–Trinajstić information content (AvgIpc) is 3.17.